The van der Waals surface area contributed by atoms with Crippen molar-refractivity contribution in [3.05, 3.63) is 52.4 Å². The molecule has 1 spiro atoms. The summed E-state index contributed by atoms with van der Waals surface area (Å²) in [5.74, 6) is -2.34. The molecule has 3 aliphatic rings. The molecule has 1 aromatic carbocycles. The van der Waals surface area contributed by atoms with Gasteiger partial charge < -0.3 is 20.5 Å². The highest BCUT2D eigenvalue weighted by Crippen LogP contribution is 2.53. The van der Waals surface area contributed by atoms with Gasteiger partial charge in [-0.05, 0) is 18.2 Å². The average Bonchev–Trinajstić information content (AvgIpc) is 3.00. The van der Waals surface area contributed by atoms with Crippen LogP contribution in [0.3, 0.4) is 0 Å². The van der Waals surface area contributed by atoms with E-state index in [1.165, 1.54) is 12.1 Å². The van der Waals surface area contributed by atoms with Crippen LogP contribution in [0.2, 0.25) is 0 Å². The Morgan fingerprint density at radius 3 is 2.91 bits per heavy atom. The fourth-order valence-electron chi connectivity index (χ4n) is 3.23. The SMILES string of the molecule is N#CC1=C(N)OC2=C(C(=O)OC2)C12C(=O)Nc1ccc(F)cc12. The van der Waals surface area contributed by atoms with Crippen LogP contribution in [0.1, 0.15) is 5.56 Å². The standard InChI is InChI=1S/C15H8FN3O4/c16-6-1-2-9-7(3-6)15(14(21)19-9)8(4-17)12(18)23-10-5-22-13(20)11(10)15/h1-3H,5,18H2,(H,19,21). The molecule has 1 atom stereocenters. The Kier molecular flexibility index (Phi) is 2.38. The van der Waals surface area contributed by atoms with E-state index in [4.69, 9.17) is 15.2 Å². The smallest absolute Gasteiger partial charge is 0.339 e. The van der Waals surface area contributed by atoms with Gasteiger partial charge in [0, 0.05) is 11.3 Å². The predicted molar refractivity (Wildman–Crippen MR) is 72.6 cm³/mol. The minimum absolute atomic E-state index is 0.0544. The summed E-state index contributed by atoms with van der Waals surface area (Å²) in [7, 11) is 0. The van der Waals surface area contributed by atoms with Crippen LogP contribution in [-0.2, 0) is 24.5 Å². The number of carbonyl (C=O) groups excluding carboxylic acids is 2. The van der Waals surface area contributed by atoms with Crippen molar-refractivity contribution in [1.29, 1.82) is 5.26 Å². The van der Waals surface area contributed by atoms with E-state index in [1.54, 1.807) is 0 Å². The van der Waals surface area contributed by atoms with Crippen LogP contribution in [0.4, 0.5) is 10.1 Å². The van der Waals surface area contributed by atoms with E-state index in [-0.39, 0.29) is 35.0 Å². The third kappa shape index (κ3) is 1.41. The van der Waals surface area contributed by atoms with Gasteiger partial charge in [-0.15, -0.1) is 0 Å². The summed E-state index contributed by atoms with van der Waals surface area (Å²) < 4.78 is 23.9. The number of benzene rings is 1. The normalized spacial score (nSPS) is 24.9. The van der Waals surface area contributed by atoms with E-state index in [1.807, 2.05) is 6.07 Å². The number of nitrogens with zero attached hydrogens (tertiary/aromatic N) is 1. The fraction of sp³-hybridized carbons (Fsp3) is 0.133. The van der Waals surface area contributed by atoms with E-state index >= 15 is 0 Å². The van der Waals surface area contributed by atoms with Gasteiger partial charge in [-0.1, -0.05) is 0 Å². The van der Waals surface area contributed by atoms with Gasteiger partial charge in [0.15, 0.2) is 11.2 Å². The lowest BCUT2D eigenvalue weighted by Crippen LogP contribution is -2.44. The number of carbonyl (C=O) groups is 2. The number of hydrogen-bond donors (Lipinski definition) is 2. The Morgan fingerprint density at radius 1 is 1.39 bits per heavy atom. The molecule has 114 valence electrons. The predicted octanol–water partition coefficient (Wildman–Crippen LogP) is 0.551. The van der Waals surface area contributed by atoms with E-state index in [0.29, 0.717) is 5.69 Å². The summed E-state index contributed by atoms with van der Waals surface area (Å²) in [6.07, 6.45) is 0. The molecule has 0 saturated carbocycles. The molecule has 3 N–H and O–H groups in total. The summed E-state index contributed by atoms with van der Waals surface area (Å²) >= 11 is 0. The Hall–Kier alpha value is -3.34. The van der Waals surface area contributed by atoms with Gasteiger partial charge in [0.2, 0.25) is 11.8 Å². The summed E-state index contributed by atoms with van der Waals surface area (Å²) in [5.41, 5.74) is 3.94. The number of nitrogens with two attached hydrogens (primary N) is 1. The molecule has 0 saturated heterocycles. The van der Waals surface area contributed by atoms with Gasteiger partial charge in [-0.25, -0.2) is 9.18 Å². The van der Waals surface area contributed by atoms with Crippen LogP contribution < -0.4 is 11.1 Å². The summed E-state index contributed by atoms with van der Waals surface area (Å²) in [6, 6.07) is 5.44. The number of rotatable bonds is 0. The average molecular weight is 313 g/mol. The van der Waals surface area contributed by atoms with Crippen LogP contribution in [0.15, 0.2) is 41.0 Å². The zero-order chi connectivity index (χ0) is 16.4. The molecule has 4 rings (SSSR count). The monoisotopic (exact) mass is 313 g/mol. The molecule has 7 nitrogen and oxygen atoms in total. The molecule has 23 heavy (non-hydrogen) atoms. The first-order chi connectivity index (χ1) is 11.0. The molecule has 0 aliphatic carbocycles. The maximum atomic E-state index is 13.8. The highest BCUT2D eigenvalue weighted by molar-refractivity contribution is 6.18. The van der Waals surface area contributed by atoms with E-state index in [0.717, 1.165) is 6.07 Å². The van der Waals surface area contributed by atoms with E-state index in [9.17, 15) is 19.2 Å². The molecule has 1 unspecified atom stereocenters. The maximum Gasteiger partial charge on any atom is 0.339 e. The van der Waals surface area contributed by atoms with Gasteiger partial charge in [-0.2, -0.15) is 5.26 Å². The molecule has 3 aliphatic heterocycles. The quantitative estimate of drug-likeness (QED) is 0.676. The second kappa shape index (κ2) is 4.10. The van der Waals surface area contributed by atoms with Crippen molar-refractivity contribution < 1.29 is 23.5 Å². The zero-order valence-electron chi connectivity index (χ0n) is 11.5. The number of ether oxygens (including phenoxy) is 2. The Labute approximate surface area is 128 Å². The lowest BCUT2D eigenvalue weighted by molar-refractivity contribution is -0.137. The number of anilines is 1. The van der Waals surface area contributed by atoms with Gasteiger partial charge in [0.1, 0.15) is 29.6 Å². The van der Waals surface area contributed by atoms with Crippen molar-refractivity contribution in [1.82, 2.24) is 0 Å². The first-order valence-electron chi connectivity index (χ1n) is 6.60. The van der Waals surface area contributed by atoms with Crippen LogP contribution in [-0.4, -0.2) is 18.5 Å². The first-order valence-corrected chi connectivity index (χ1v) is 6.60. The third-order valence-electron chi connectivity index (χ3n) is 4.13. The summed E-state index contributed by atoms with van der Waals surface area (Å²) in [4.78, 5) is 24.9. The van der Waals surface area contributed by atoms with Gasteiger partial charge in [0.25, 0.3) is 0 Å². The molecule has 0 fully saturated rings. The van der Waals surface area contributed by atoms with Gasteiger partial charge in [-0.3, -0.25) is 4.79 Å². The van der Waals surface area contributed by atoms with Crippen molar-refractivity contribution >= 4 is 17.6 Å². The van der Waals surface area contributed by atoms with Gasteiger partial charge in [0.05, 0.1) is 0 Å². The molecule has 0 radical (unpaired) electrons. The molecule has 1 amide bonds. The van der Waals surface area contributed by atoms with Crippen LogP contribution >= 0.6 is 0 Å². The number of amides is 1. The van der Waals surface area contributed by atoms with Crippen molar-refractivity contribution in [2.24, 2.45) is 5.73 Å². The second-order valence-electron chi connectivity index (χ2n) is 5.22. The Morgan fingerprint density at radius 2 is 2.17 bits per heavy atom. The van der Waals surface area contributed by atoms with Crippen LogP contribution in [0.5, 0.6) is 0 Å². The number of halogens is 1. The number of hydrogen-bond acceptors (Lipinski definition) is 6. The lowest BCUT2D eigenvalue weighted by atomic mass is 9.68. The van der Waals surface area contributed by atoms with Crippen molar-refractivity contribution in [2.75, 3.05) is 11.9 Å². The number of nitrogens with one attached hydrogen (secondary N) is 1. The third-order valence-corrected chi connectivity index (χ3v) is 4.13. The summed E-state index contributed by atoms with van der Waals surface area (Å²) in [6.45, 7) is -0.201. The van der Waals surface area contributed by atoms with Crippen LogP contribution in [0, 0.1) is 17.1 Å². The molecule has 3 heterocycles. The molecule has 8 heteroatoms. The fourth-order valence-corrected chi connectivity index (χ4v) is 3.23. The minimum Gasteiger partial charge on any atom is -0.454 e. The molecular weight excluding hydrogens is 305 g/mol. The number of esters is 1. The highest BCUT2D eigenvalue weighted by atomic mass is 19.1. The van der Waals surface area contributed by atoms with Crippen molar-refractivity contribution in [3.63, 3.8) is 0 Å². The number of nitriles is 1. The van der Waals surface area contributed by atoms with Gasteiger partial charge >= 0.3 is 5.97 Å². The largest absolute Gasteiger partial charge is 0.454 e. The molecule has 1 aromatic rings. The van der Waals surface area contributed by atoms with Crippen LogP contribution in [0.25, 0.3) is 0 Å². The van der Waals surface area contributed by atoms with E-state index in [2.05, 4.69) is 5.32 Å². The minimum atomic E-state index is -1.85. The Bertz CT molecular complexity index is 912. The maximum absolute atomic E-state index is 13.8. The highest BCUT2D eigenvalue weighted by Gasteiger charge is 2.61. The molecule has 0 bridgehead atoms. The number of fused-ring (bicyclic) bond motifs is 3. The second-order valence-corrected chi connectivity index (χ2v) is 5.22. The Balaban J connectivity index is 2.14. The topological polar surface area (TPSA) is 114 Å². The zero-order valence-corrected chi connectivity index (χ0v) is 11.5. The van der Waals surface area contributed by atoms with Crippen molar-refractivity contribution in [2.45, 2.75) is 5.41 Å². The lowest BCUT2D eigenvalue weighted by Gasteiger charge is -2.31. The van der Waals surface area contributed by atoms with Crippen molar-refractivity contribution in [3.8, 4) is 6.07 Å². The summed E-state index contributed by atoms with van der Waals surface area (Å²) in [5, 5.41) is 12.0. The first kappa shape index (κ1) is 13.3. The van der Waals surface area contributed by atoms with E-state index < -0.39 is 23.1 Å². The number of cyclic esters (lactones) is 1. The molecular formula is C15H8FN3O4. The molecule has 0 aromatic heterocycles.